The van der Waals surface area contributed by atoms with Crippen LogP contribution in [0.2, 0.25) is 5.02 Å². The summed E-state index contributed by atoms with van der Waals surface area (Å²) in [7, 11) is 0. The van der Waals surface area contributed by atoms with Crippen molar-refractivity contribution in [2.24, 2.45) is 0 Å². The number of nitrogens with zero attached hydrogens (tertiary/aromatic N) is 3. The Morgan fingerprint density at radius 3 is 2.58 bits per heavy atom. The van der Waals surface area contributed by atoms with Crippen molar-refractivity contribution in [3.63, 3.8) is 0 Å². The molecule has 0 unspecified atom stereocenters. The highest BCUT2D eigenvalue weighted by atomic mass is 35.5. The van der Waals surface area contributed by atoms with Crippen molar-refractivity contribution >= 4 is 23.2 Å². The Labute approximate surface area is 194 Å². The summed E-state index contributed by atoms with van der Waals surface area (Å²) in [5.74, 6) is 1.71. The molecule has 9 heteroatoms. The SMILES string of the molecule is CCOc1nc(-c2ccc3c(c2)OCO3)n(-c2ccc(NC(=O)c3ccc(Cl)cc3)cc2)n1. The molecule has 1 amide bonds. The van der Waals surface area contributed by atoms with E-state index < -0.39 is 0 Å². The number of ether oxygens (including phenoxy) is 3. The molecule has 0 aliphatic carbocycles. The molecule has 166 valence electrons. The number of carbonyl (C=O) groups excluding carboxylic acids is 1. The number of anilines is 1. The van der Waals surface area contributed by atoms with Gasteiger partial charge in [-0.3, -0.25) is 4.79 Å². The normalized spacial score (nSPS) is 11.9. The molecule has 33 heavy (non-hydrogen) atoms. The van der Waals surface area contributed by atoms with E-state index in [1.165, 1.54) is 0 Å². The smallest absolute Gasteiger partial charge is 0.336 e. The summed E-state index contributed by atoms with van der Waals surface area (Å²) in [6, 6.07) is 19.9. The molecule has 1 aliphatic heterocycles. The summed E-state index contributed by atoms with van der Waals surface area (Å²) in [4.78, 5) is 17.0. The molecule has 0 saturated heterocycles. The van der Waals surface area contributed by atoms with Crippen LogP contribution < -0.4 is 19.5 Å². The quantitative estimate of drug-likeness (QED) is 0.435. The van der Waals surface area contributed by atoms with E-state index in [-0.39, 0.29) is 18.7 Å². The molecule has 1 aromatic heterocycles. The van der Waals surface area contributed by atoms with Crippen LogP contribution in [0.3, 0.4) is 0 Å². The highest BCUT2D eigenvalue weighted by molar-refractivity contribution is 6.30. The molecule has 0 atom stereocenters. The first-order chi connectivity index (χ1) is 16.1. The lowest BCUT2D eigenvalue weighted by molar-refractivity contribution is 0.102. The van der Waals surface area contributed by atoms with Crippen LogP contribution in [0.4, 0.5) is 5.69 Å². The van der Waals surface area contributed by atoms with E-state index in [0.717, 1.165) is 11.3 Å². The number of benzene rings is 3. The summed E-state index contributed by atoms with van der Waals surface area (Å²) in [5.41, 5.74) is 2.73. The maximum Gasteiger partial charge on any atom is 0.336 e. The highest BCUT2D eigenvalue weighted by Gasteiger charge is 2.19. The third-order valence-corrected chi connectivity index (χ3v) is 5.22. The van der Waals surface area contributed by atoms with Crippen LogP contribution in [-0.2, 0) is 0 Å². The Bertz CT molecular complexity index is 1300. The molecule has 0 spiro atoms. The minimum absolute atomic E-state index is 0.193. The molecule has 0 saturated carbocycles. The Balaban J connectivity index is 1.43. The minimum atomic E-state index is -0.222. The maximum absolute atomic E-state index is 12.5. The summed E-state index contributed by atoms with van der Waals surface area (Å²) < 4.78 is 18.1. The van der Waals surface area contributed by atoms with E-state index in [9.17, 15) is 4.79 Å². The Hall–Kier alpha value is -4.04. The van der Waals surface area contributed by atoms with E-state index >= 15 is 0 Å². The molecule has 1 N–H and O–H groups in total. The highest BCUT2D eigenvalue weighted by Crippen LogP contribution is 2.36. The molecule has 8 nitrogen and oxygen atoms in total. The summed E-state index contributed by atoms with van der Waals surface area (Å²) >= 11 is 5.89. The predicted octanol–water partition coefficient (Wildman–Crippen LogP) is 4.97. The van der Waals surface area contributed by atoms with Gasteiger partial charge in [0.2, 0.25) is 6.79 Å². The van der Waals surface area contributed by atoms with Gasteiger partial charge in [0, 0.05) is 21.8 Å². The van der Waals surface area contributed by atoms with Gasteiger partial charge in [-0.15, -0.1) is 5.10 Å². The van der Waals surface area contributed by atoms with Crippen LogP contribution in [0, 0.1) is 0 Å². The average molecular weight is 463 g/mol. The first-order valence-corrected chi connectivity index (χ1v) is 10.7. The lowest BCUT2D eigenvalue weighted by atomic mass is 10.2. The fourth-order valence-electron chi connectivity index (χ4n) is 3.38. The van der Waals surface area contributed by atoms with Gasteiger partial charge in [-0.05, 0) is 73.7 Å². The van der Waals surface area contributed by atoms with Crippen LogP contribution in [0.25, 0.3) is 17.1 Å². The fraction of sp³-hybridized carbons (Fsp3) is 0.125. The molecule has 3 aromatic carbocycles. The van der Waals surface area contributed by atoms with Gasteiger partial charge in [0.1, 0.15) is 0 Å². The van der Waals surface area contributed by atoms with E-state index in [1.807, 2.05) is 37.3 Å². The van der Waals surface area contributed by atoms with Crippen LogP contribution >= 0.6 is 11.6 Å². The lowest BCUT2D eigenvalue weighted by Crippen LogP contribution is -2.11. The van der Waals surface area contributed by atoms with Crippen LogP contribution in [0.5, 0.6) is 17.5 Å². The lowest BCUT2D eigenvalue weighted by Gasteiger charge is -2.09. The molecule has 0 bridgehead atoms. The summed E-state index contributed by atoms with van der Waals surface area (Å²) in [5, 5.41) is 7.95. The third kappa shape index (κ3) is 4.33. The third-order valence-electron chi connectivity index (χ3n) is 4.97. The average Bonchev–Trinajstić information content (AvgIpc) is 3.47. The molecule has 5 rings (SSSR count). The molecular weight excluding hydrogens is 444 g/mol. The Morgan fingerprint density at radius 2 is 1.82 bits per heavy atom. The number of carbonyl (C=O) groups is 1. The number of nitrogens with one attached hydrogen (secondary N) is 1. The molecule has 1 aliphatic rings. The van der Waals surface area contributed by atoms with E-state index in [0.29, 0.717) is 40.2 Å². The minimum Gasteiger partial charge on any atom is -0.463 e. The van der Waals surface area contributed by atoms with Crippen molar-refractivity contribution in [3.05, 3.63) is 77.3 Å². The zero-order chi connectivity index (χ0) is 22.8. The topological polar surface area (TPSA) is 87.5 Å². The van der Waals surface area contributed by atoms with Gasteiger partial charge in [-0.2, -0.15) is 4.98 Å². The number of fused-ring (bicyclic) bond motifs is 1. The number of hydrogen-bond acceptors (Lipinski definition) is 6. The Morgan fingerprint density at radius 1 is 1.06 bits per heavy atom. The van der Waals surface area contributed by atoms with Gasteiger partial charge in [0.05, 0.1) is 12.3 Å². The predicted molar refractivity (Wildman–Crippen MR) is 123 cm³/mol. The first-order valence-electron chi connectivity index (χ1n) is 10.3. The van der Waals surface area contributed by atoms with Crippen molar-refractivity contribution in [1.82, 2.24) is 14.8 Å². The largest absolute Gasteiger partial charge is 0.463 e. The number of halogens is 1. The molecular formula is C24H19ClN4O4. The van der Waals surface area contributed by atoms with Crippen molar-refractivity contribution in [2.45, 2.75) is 6.92 Å². The monoisotopic (exact) mass is 462 g/mol. The van der Waals surface area contributed by atoms with Crippen molar-refractivity contribution in [3.8, 4) is 34.6 Å². The number of aromatic nitrogens is 3. The van der Waals surface area contributed by atoms with Gasteiger partial charge < -0.3 is 19.5 Å². The number of amides is 1. The van der Waals surface area contributed by atoms with Gasteiger partial charge in [-0.25, -0.2) is 4.68 Å². The summed E-state index contributed by atoms with van der Waals surface area (Å²) in [6.45, 7) is 2.51. The van der Waals surface area contributed by atoms with Crippen molar-refractivity contribution in [2.75, 3.05) is 18.7 Å². The zero-order valence-electron chi connectivity index (χ0n) is 17.6. The zero-order valence-corrected chi connectivity index (χ0v) is 18.4. The molecule has 2 heterocycles. The molecule has 4 aromatic rings. The second-order valence-electron chi connectivity index (χ2n) is 7.14. The van der Waals surface area contributed by atoms with Crippen molar-refractivity contribution < 1.29 is 19.0 Å². The number of rotatable bonds is 6. The van der Waals surface area contributed by atoms with E-state index in [2.05, 4.69) is 15.4 Å². The fourth-order valence-corrected chi connectivity index (χ4v) is 3.50. The first kappa shape index (κ1) is 20.8. The van der Waals surface area contributed by atoms with E-state index in [1.54, 1.807) is 41.1 Å². The Kier molecular flexibility index (Phi) is 5.58. The standard InChI is InChI=1S/C24H19ClN4O4/c1-2-31-24-27-22(16-5-12-20-21(13-16)33-14-32-20)29(28-24)19-10-8-18(9-11-19)26-23(30)15-3-6-17(25)7-4-15/h3-13H,2,14H2,1H3,(H,26,30). The summed E-state index contributed by atoms with van der Waals surface area (Å²) in [6.07, 6.45) is 0. The van der Waals surface area contributed by atoms with Crippen LogP contribution in [-0.4, -0.2) is 34.1 Å². The molecule has 0 radical (unpaired) electrons. The van der Waals surface area contributed by atoms with Gasteiger partial charge in [-0.1, -0.05) is 11.6 Å². The van der Waals surface area contributed by atoms with Crippen LogP contribution in [0.15, 0.2) is 66.7 Å². The van der Waals surface area contributed by atoms with Crippen LogP contribution in [0.1, 0.15) is 17.3 Å². The maximum atomic E-state index is 12.5. The second kappa shape index (κ2) is 8.84. The van der Waals surface area contributed by atoms with Gasteiger partial charge >= 0.3 is 6.01 Å². The van der Waals surface area contributed by atoms with Gasteiger partial charge in [0.15, 0.2) is 17.3 Å². The van der Waals surface area contributed by atoms with Gasteiger partial charge in [0.25, 0.3) is 5.91 Å². The second-order valence-corrected chi connectivity index (χ2v) is 7.58. The van der Waals surface area contributed by atoms with Crippen molar-refractivity contribution in [1.29, 1.82) is 0 Å². The number of hydrogen-bond donors (Lipinski definition) is 1. The van der Waals surface area contributed by atoms with E-state index in [4.69, 9.17) is 25.8 Å². The molecule has 0 fully saturated rings.